The number of carbonyl (C=O) groups excluding carboxylic acids is 1. The third-order valence-electron chi connectivity index (χ3n) is 4.18. The molecule has 86 valence electrons. The average Bonchev–Trinajstić information content (AvgIpc) is 2.16. The minimum Gasteiger partial charge on any atom is -0.463 e. The summed E-state index contributed by atoms with van der Waals surface area (Å²) in [7, 11) is 0. The van der Waals surface area contributed by atoms with Crippen LogP contribution in [0.25, 0.3) is 0 Å². The van der Waals surface area contributed by atoms with Gasteiger partial charge >= 0.3 is 5.97 Å². The molecule has 2 rings (SSSR count). The molecule has 2 saturated carbocycles. The summed E-state index contributed by atoms with van der Waals surface area (Å²) in [5.74, 6) is 2.33. The van der Waals surface area contributed by atoms with Crippen LogP contribution < -0.4 is 0 Å². The van der Waals surface area contributed by atoms with Crippen molar-refractivity contribution in [3.63, 3.8) is 0 Å². The second-order valence-electron chi connectivity index (χ2n) is 5.44. The Kier molecular flexibility index (Phi) is 3.32. The Morgan fingerprint density at radius 3 is 2.33 bits per heavy atom. The van der Waals surface area contributed by atoms with Crippen LogP contribution >= 0.6 is 0 Å². The van der Waals surface area contributed by atoms with Gasteiger partial charge < -0.3 is 4.74 Å². The van der Waals surface area contributed by atoms with Gasteiger partial charge in [0.25, 0.3) is 0 Å². The molecule has 0 saturated heterocycles. The van der Waals surface area contributed by atoms with Gasteiger partial charge in [0.2, 0.25) is 0 Å². The van der Waals surface area contributed by atoms with Gasteiger partial charge in [-0.25, -0.2) is 0 Å². The Hall–Kier alpha value is -0.530. The molecular weight excluding hydrogens is 188 g/mol. The first kappa shape index (κ1) is 11.0. The largest absolute Gasteiger partial charge is 0.463 e. The minimum absolute atomic E-state index is 0.127. The lowest BCUT2D eigenvalue weighted by atomic mass is 9.67. The molecule has 2 aliphatic rings. The molecule has 0 heterocycles. The van der Waals surface area contributed by atoms with E-state index in [-0.39, 0.29) is 12.1 Å². The standard InChI is InChI=1S/C13H22O2/c1-9(15-10(2)14)13-7-11-4-3-5-12(6-11)8-13/h9,11-13H,3-8H2,1-2H3. The van der Waals surface area contributed by atoms with Crippen molar-refractivity contribution in [2.75, 3.05) is 0 Å². The normalized spacial score (nSPS) is 37.1. The maximum absolute atomic E-state index is 10.9. The van der Waals surface area contributed by atoms with Crippen LogP contribution in [0.1, 0.15) is 52.4 Å². The molecule has 0 N–H and O–H groups in total. The van der Waals surface area contributed by atoms with E-state index in [1.54, 1.807) is 0 Å². The van der Waals surface area contributed by atoms with Gasteiger partial charge in [-0.3, -0.25) is 4.79 Å². The lowest BCUT2D eigenvalue weighted by Crippen LogP contribution is -2.34. The van der Waals surface area contributed by atoms with Crippen molar-refractivity contribution < 1.29 is 9.53 Å². The molecule has 2 bridgehead atoms. The molecule has 0 spiro atoms. The van der Waals surface area contributed by atoms with Crippen molar-refractivity contribution >= 4 is 5.97 Å². The Labute approximate surface area is 92.4 Å². The fraction of sp³-hybridized carbons (Fsp3) is 0.923. The van der Waals surface area contributed by atoms with Gasteiger partial charge in [0.15, 0.2) is 0 Å². The SMILES string of the molecule is CC(=O)OC(C)C1CC2CCCC(C2)C1. The van der Waals surface area contributed by atoms with E-state index in [0.717, 1.165) is 11.8 Å². The second kappa shape index (κ2) is 4.54. The molecule has 3 unspecified atom stereocenters. The van der Waals surface area contributed by atoms with E-state index in [1.165, 1.54) is 45.4 Å². The van der Waals surface area contributed by atoms with E-state index < -0.39 is 0 Å². The Morgan fingerprint density at radius 2 is 1.80 bits per heavy atom. The van der Waals surface area contributed by atoms with Crippen molar-refractivity contribution in [2.45, 2.75) is 58.5 Å². The van der Waals surface area contributed by atoms with Gasteiger partial charge in [-0.2, -0.15) is 0 Å². The minimum atomic E-state index is -0.127. The topological polar surface area (TPSA) is 26.3 Å². The van der Waals surface area contributed by atoms with Gasteiger partial charge in [0, 0.05) is 6.92 Å². The lowest BCUT2D eigenvalue weighted by Gasteiger charge is -2.40. The Bertz CT molecular complexity index is 225. The molecular formula is C13H22O2. The molecule has 2 fully saturated rings. The van der Waals surface area contributed by atoms with Crippen LogP contribution in [0.5, 0.6) is 0 Å². The zero-order valence-electron chi connectivity index (χ0n) is 9.87. The summed E-state index contributed by atoms with van der Waals surface area (Å²) >= 11 is 0. The van der Waals surface area contributed by atoms with E-state index in [9.17, 15) is 4.79 Å². The van der Waals surface area contributed by atoms with Gasteiger partial charge in [-0.1, -0.05) is 19.3 Å². The number of ether oxygens (including phenoxy) is 1. The van der Waals surface area contributed by atoms with E-state index in [4.69, 9.17) is 4.74 Å². The number of hydrogen-bond donors (Lipinski definition) is 0. The molecule has 15 heavy (non-hydrogen) atoms. The molecule has 3 atom stereocenters. The maximum atomic E-state index is 10.9. The highest BCUT2D eigenvalue weighted by Crippen LogP contribution is 2.43. The summed E-state index contributed by atoms with van der Waals surface area (Å²) < 4.78 is 5.32. The fourth-order valence-corrected chi connectivity index (χ4v) is 3.52. The van der Waals surface area contributed by atoms with E-state index in [0.29, 0.717) is 5.92 Å². The van der Waals surface area contributed by atoms with Crippen molar-refractivity contribution in [3.05, 3.63) is 0 Å². The first-order valence-electron chi connectivity index (χ1n) is 6.32. The highest BCUT2D eigenvalue weighted by atomic mass is 16.5. The fourth-order valence-electron chi connectivity index (χ4n) is 3.52. The van der Waals surface area contributed by atoms with Crippen LogP contribution in [0.3, 0.4) is 0 Å². The highest BCUT2D eigenvalue weighted by molar-refractivity contribution is 5.66. The average molecular weight is 210 g/mol. The number of rotatable bonds is 2. The van der Waals surface area contributed by atoms with E-state index >= 15 is 0 Å². The predicted octanol–water partition coefficient (Wildman–Crippen LogP) is 3.15. The van der Waals surface area contributed by atoms with E-state index in [1.807, 2.05) is 0 Å². The van der Waals surface area contributed by atoms with Crippen molar-refractivity contribution in [2.24, 2.45) is 17.8 Å². The number of carbonyl (C=O) groups is 1. The molecule has 0 amide bonds. The monoisotopic (exact) mass is 210 g/mol. The zero-order valence-corrected chi connectivity index (χ0v) is 9.87. The Balaban J connectivity index is 1.90. The predicted molar refractivity (Wildman–Crippen MR) is 59.4 cm³/mol. The second-order valence-corrected chi connectivity index (χ2v) is 5.44. The summed E-state index contributed by atoms with van der Waals surface area (Å²) in [6, 6.07) is 0. The smallest absolute Gasteiger partial charge is 0.302 e. The van der Waals surface area contributed by atoms with Crippen LogP contribution in [-0.2, 0) is 9.53 Å². The highest BCUT2D eigenvalue weighted by Gasteiger charge is 2.34. The molecule has 2 nitrogen and oxygen atoms in total. The van der Waals surface area contributed by atoms with E-state index in [2.05, 4.69) is 6.92 Å². The van der Waals surface area contributed by atoms with Crippen LogP contribution in [0.15, 0.2) is 0 Å². The van der Waals surface area contributed by atoms with Gasteiger partial charge in [0.1, 0.15) is 6.10 Å². The first-order valence-corrected chi connectivity index (χ1v) is 6.32. The summed E-state index contributed by atoms with van der Waals surface area (Å²) in [5.41, 5.74) is 0. The third-order valence-corrected chi connectivity index (χ3v) is 4.18. The van der Waals surface area contributed by atoms with Crippen LogP contribution in [0, 0.1) is 17.8 Å². The van der Waals surface area contributed by atoms with Crippen LogP contribution in [0.4, 0.5) is 0 Å². The van der Waals surface area contributed by atoms with Crippen LogP contribution in [-0.4, -0.2) is 12.1 Å². The number of hydrogen-bond acceptors (Lipinski definition) is 2. The quantitative estimate of drug-likeness (QED) is 0.654. The summed E-state index contributed by atoms with van der Waals surface area (Å²) in [6.07, 6.45) is 8.36. The van der Waals surface area contributed by atoms with Gasteiger partial charge in [0.05, 0.1) is 0 Å². The molecule has 0 aliphatic heterocycles. The summed E-state index contributed by atoms with van der Waals surface area (Å²) in [6.45, 7) is 3.58. The first-order chi connectivity index (χ1) is 7.15. The molecule has 0 aromatic heterocycles. The number of fused-ring (bicyclic) bond motifs is 2. The summed E-state index contributed by atoms with van der Waals surface area (Å²) in [5, 5.41) is 0. The molecule has 0 radical (unpaired) electrons. The van der Waals surface area contributed by atoms with Gasteiger partial charge in [-0.05, 0) is 43.9 Å². The third kappa shape index (κ3) is 2.73. The van der Waals surface area contributed by atoms with Crippen molar-refractivity contribution in [1.29, 1.82) is 0 Å². The zero-order chi connectivity index (χ0) is 10.8. The van der Waals surface area contributed by atoms with Crippen molar-refractivity contribution in [1.82, 2.24) is 0 Å². The molecule has 0 aromatic rings. The maximum Gasteiger partial charge on any atom is 0.302 e. The van der Waals surface area contributed by atoms with Crippen molar-refractivity contribution in [3.8, 4) is 0 Å². The number of esters is 1. The lowest BCUT2D eigenvalue weighted by molar-refractivity contribution is -0.149. The summed E-state index contributed by atoms with van der Waals surface area (Å²) in [4.78, 5) is 10.9. The van der Waals surface area contributed by atoms with Gasteiger partial charge in [-0.15, -0.1) is 0 Å². The molecule has 2 aliphatic carbocycles. The van der Waals surface area contributed by atoms with Crippen LogP contribution in [0.2, 0.25) is 0 Å². The molecule has 0 aromatic carbocycles. The molecule has 2 heteroatoms. The Morgan fingerprint density at radius 1 is 1.20 bits per heavy atom.